The van der Waals surface area contributed by atoms with E-state index in [1.807, 2.05) is 31.2 Å². The number of fused-ring (bicyclic) bond motifs is 1. The minimum Gasteiger partial charge on any atom is -0.493 e. The van der Waals surface area contributed by atoms with E-state index in [4.69, 9.17) is 14.2 Å². The summed E-state index contributed by atoms with van der Waals surface area (Å²) in [6.45, 7) is 6.07. The van der Waals surface area contributed by atoms with Crippen LogP contribution in [0.3, 0.4) is 0 Å². The number of thiophene rings is 1. The van der Waals surface area contributed by atoms with Gasteiger partial charge in [-0.1, -0.05) is 24.3 Å². The van der Waals surface area contributed by atoms with E-state index in [1.54, 1.807) is 39.2 Å². The van der Waals surface area contributed by atoms with Crippen molar-refractivity contribution in [2.45, 2.75) is 53.1 Å². The van der Waals surface area contributed by atoms with Crippen LogP contribution in [0.25, 0.3) is 0 Å². The highest BCUT2D eigenvalue weighted by Gasteiger charge is 2.28. The molecule has 0 saturated carbocycles. The molecule has 10 heteroatoms. The summed E-state index contributed by atoms with van der Waals surface area (Å²) in [7, 11) is 1.55. The Morgan fingerprint density at radius 2 is 1.80 bits per heavy atom. The molecule has 0 spiro atoms. The van der Waals surface area contributed by atoms with Crippen LogP contribution < -0.4 is 20.2 Å². The van der Waals surface area contributed by atoms with Crippen molar-refractivity contribution in [1.29, 1.82) is 0 Å². The van der Waals surface area contributed by atoms with E-state index in [0.717, 1.165) is 47.3 Å². The zero-order chi connectivity index (χ0) is 28.6. The first-order valence-electron chi connectivity index (χ1n) is 13.1. The standard InChI is InChI=1S/C30H33N3O6S/c1-5-38-30(36)26-22-12-8-9-13-25(22)40-29(26)31-27(34)28(35)33-32-19(3)20-14-15-23(24(16-20)37-4)39-17-21-11-7-6-10-18(21)2/h6-7,10-11,14-16H,5,8-9,12-13,17H2,1-4H3,(H,31,34)(H,33,35). The molecule has 0 aliphatic heterocycles. The summed E-state index contributed by atoms with van der Waals surface area (Å²) in [5, 5.41) is 7.01. The van der Waals surface area contributed by atoms with Gasteiger partial charge < -0.3 is 19.5 Å². The second kappa shape index (κ2) is 13.3. The number of ether oxygens (including phenoxy) is 3. The van der Waals surface area contributed by atoms with Gasteiger partial charge in [0.15, 0.2) is 11.5 Å². The molecule has 3 aromatic rings. The van der Waals surface area contributed by atoms with Gasteiger partial charge in [-0.2, -0.15) is 5.10 Å². The maximum Gasteiger partial charge on any atom is 0.341 e. The molecule has 1 aromatic heterocycles. The van der Waals surface area contributed by atoms with Gasteiger partial charge in [-0.05, 0) is 81.3 Å². The van der Waals surface area contributed by atoms with Crippen LogP contribution in [0.2, 0.25) is 0 Å². The fourth-order valence-electron chi connectivity index (χ4n) is 4.42. The summed E-state index contributed by atoms with van der Waals surface area (Å²) in [5.74, 6) is -1.28. The third-order valence-corrected chi connectivity index (χ3v) is 7.84. The summed E-state index contributed by atoms with van der Waals surface area (Å²) in [6.07, 6.45) is 3.55. The van der Waals surface area contributed by atoms with Crippen molar-refractivity contribution in [2.24, 2.45) is 5.10 Å². The number of nitrogens with zero attached hydrogens (tertiary/aromatic N) is 1. The quantitative estimate of drug-likeness (QED) is 0.161. The van der Waals surface area contributed by atoms with Crippen molar-refractivity contribution in [3.05, 3.63) is 75.2 Å². The van der Waals surface area contributed by atoms with E-state index in [-0.39, 0.29) is 6.61 Å². The topological polar surface area (TPSA) is 115 Å². The van der Waals surface area contributed by atoms with Crippen molar-refractivity contribution in [2.75, 3.05) is 19.0 Å². The van der Waals surface area contributed by atoms with Crippen molar-refractivity contribution in [1.82, 2.24) is 5.43 Å². The monoisotopic (exact) mass is 563 g/mol. The van der Waals surface area contributed by atoms with Crippen LogP contribution >= 0.6 is 11.3 Å². The maximum atomic E-state index is 12.7. The Morgan fingerprint density at radius 1 is 1.02 bits per heavy atom. The Morgan fingerprint density at radius 3 is 2.55 bits per heavy atom. The van der Waals surface area contributed by atoms with Crippen LogP contribution in [-0.2, 0) is 33.8 Å². The summed E-state index contributed by atoms with van der Waals surface area (Å²) in [6, 6.07) is 13.3. The van der Waals surface area contributed by atoms with Crippen molar-refractivity contribution in [3.63, 3.8) is 0 Å². The zero-order valence-corrected chi connectivity index (χ0v) is 23.9. The van der Waals surface area contributed by atoms with Gasteiger partial charge in [0.05, 0.1) is 25.0 Å². The molecule has 2 aromatic carbocycles. The second-order valence-electron chi connectivity index (χ2n) is 9.31. The number of rotatable bonds is 9. The molecule has 0 atom stereocenters. The fraction of sp³-hybridized carbons (Fsp3) is 0.333. The number of carbonyl (C=O) groups is 3. The molecule has 0 unspecified atom stereocenters. The number of amides is 2. The van der Waals surface area contributed by atoms with Crippen molar-refractivity contribution in [3.8, 4) is 11.5 Å². The number of methoxy groups -OCH3 is 1. The fourth-order valence-corrected chi connectivity index (χ4v) is 5.69. The number of hydrogen-bond donors (Lipinski definition) is 2. The van der Waals surface area contributed by atoms with Gasteiger partial charge in [0, 0.05) is 10.4 Å². The van der Waals surface area contributed by atoms with E-state index in [9.17, 15) is 14.4 Å². The van der Waals surface area contributed by atoms with Crippen LogP contribution in [0, 0.1) is 6.92 Å². The van der Waals surface area contributed by atoms with Crippen LogP contribution in [0.4, 0.5) is 5.00 Å². The predicted molar refractivity (Wildman–Crippen MR) is 154 cm³/mol. The number of benzene rings is 2. The average Bonchev–Trinajstić information content (AvgIpc) is 3.33. The number of anilines is 1. The number of hydrogen-bond acceptors (Lipinski definition) is 8. The highest BCUT2D eigenvalue weighted by atomic mass is 32.1. The van der Waals surface area contributed by atoms with Gasteiger partial charge in [0.2, 0.25) is 0 Å². The molecule has 1 aliphatic carbocycles. The molecular weight excluding hydrogens is 530 g/mol. The molecule has 4 rings (SSSR count). The number of aryl methyl sites for hydroxylation is 2. The first-order valence-corrected chi connectivity index (χ1v) is 14.0. The third-order valence-electron chi connectivity index (χ3n) is 6.64. The minimum absolute atomic E-state index is 0.218. The Kier molecular flexibility index (Phi) is 9.55. The molecule has 0 radical (unpaired) electrons. The molecule has 2 N–H and O–H groups in total. The van der Waals surface area contributed by atoms with Crippen molar-refractivity contribution >= 4 is 39.8 Å². The van der Waals surface area contributed by atoms with Crippen LogP contribution in [-0.4, -0.2) is 37.2 Å². The Labute approximate surface area is 237 Å². The van der Waals surface area contributed by atoms with Crippen molar-refractivity contribution < 1.29 is 28.6 Å². The minimum atomic E-state index is -0.953. The summed E-state index contributed by atoms with van der Waals surface area (Å²) >= 11 is 1.32. The van der Waals surface area contributed by atoms with E-state index in [1.165, 1.54) is 11.3 Å². The molecule has 210 valence electrons. The van der Waals surface area contributed by atoms with Crippen LogP contribution in [0.15, 0.2) is 47.6 Å². The number of esters is 1. The van der Waals surface area contributed by atoms with Crippen LogP contribution in [0.1, 0.15) is 64.2 Å². The summed E-state index contributed by atoms with van der Waals surface area (Å²) < 4.78 is 16.7. The van der Waals surface area contributed by atoms with E-state index in [0.29, 0.717) is 39.9 Å². The Hall–Kier alpha value is -4.18. The lowest BCUT2D eigenvalue weighted by atomic mass is 9.95. The first-order chi connectivity index (χ1) is 19.3. The summed E-state index contributed by atoms with van der Waals surface area (Å²) in [4.78, 5) is 38.9. The molecule has 0 bridgehead atoms. The van der Waals surface area contributed by atoms with E-state index < -0.39 is 17.8 Å². The Balaban J connectivity index is 1.42. The SMILES string of the molecule is CCOC(=O)c1c(NC(=O)C(=O)NN=C(C)c2ccc(OCc3ccccc3C)c(OC)c2)sc2c1CCCC2. The van der Waals surface area contributed by atoms with Gasteiger partial charge in [0.25, 0.3) is 0 Å². The maximum absolute atomic E-state index is 12.7. The molecule has 0 fully saturated rings. The molecule has 40 heavy (non-hydrogen) atoms. The van der Waals surface area contributed by atoms with Gasteiger partial charge >= 0.3 is 17.8 Å². The lowest BCUT2D eigenvalue weighted by Crippen LogP contribution is -2.33. The molecule has 0 saturated heterocycles. The van der Waals surface area contributed by atoms with Gasteiger partial charge in [0.1, 0.15) is 11.6 Å². The summed E-state index contributed by atoms with van der Waals surface area (Å²) in [5.41, 5.74) is 6.89. The lowest BCUT2D eigenvalue weighted by molar-refractivity contribution is -0.136. The van der Waals surface area contributed by atoms with E-state index in [2.05, 4.69) is 15.8 Å². The smallest absolute Gasteiger partial charge is 0.341 e. The number of nitrogens with one attached hydrogen (secondary N) is 2. The average molecular weight is 564 g/mol. The molecule has 1 aliphatic rings. The van der Waals surface area contributed by atoms with E-state index >= 15 is 0 Å². The molecule has 9 nitrogen and oxygen atoms in total. The van der Waals surface area contributed by atoms with Crippen LogP contribution in [0.5, 0.6) is 11.5 Å². The highest BCUT2D eigenvalue weighted by Crippen LogP contribution is 2.38. The normalized spacial score (nSPS) is 12.8. The lowest BCUT2D eigenvalue weighted by Gasteiger charge is -2.13. The zero-order valence-electron chi connectivity index (χ0n) is 23.1. The Bertz CT molecular complexity index is 1450. The largest absolute Gasteiger partial charge is 0.493 e. The highest BCUT2D eigenvalue weighted by molar-refractivity contribution is 7.17. The van der Waals surface area contributed by atoms with Gasteiger partial charge in [-0.3, -0.25) is 9.59 Å². The third kappa shape index (κ3) is 6.69. The number of hydrazone groups is 1. The molecular formula is C30H33N3O6S. The van der Waals surface area contributed by atoms with Gasteiger partial charge in [-0.25, -0.2) is 10.2 Å². The number of carbonyl (C=O) groups excluding carboxylic acids is 3. The van der Waals surface area contributed by atoms with Gasteiger partial charge in [-0.15, -0.1) is 11.3 Å². The molecule has 2 amide bonds. The molecule has 1 heterocycles. The second-order valence-corrected chi connectivity index (χ2v) is 10.4. The predicted octanol–water partition coefficient (Wildman–Crippen LogP) is 5.18. The first kappa shape index (κ1) is 28.8.